The Hall–Kier alpha value is -1.88. The molecular weight excluding hydrogens is 398 g/mol. The van der Waals surface area contributed by atoms with Crippen molar-refractivity contribution in [2.75, 3.05) is 19.6 Å². The van der Waals surface area contributed by atoms with Gasteiger partial charge in [0.05, 0.1) is 6.04 Å². The molecule has 0 saturated carbocycles. The standard InChI is InChI=1S/C27H43N3O2/c1-19(2)24(28-20(3)31)25(32)29-23-11-12-27(22-10-8-7-9-21(22)23)14-17-30(18-15-27)16-13-26(4,5)6/h7-10,19,23-24H,11-18H2,1-6H3,(H,28,31)(H,29,32)/t23-,24?/m0/s1. The third-order valence-corrected chi connectivity index (χ3v) is 7.43. The smallest absolute Gasteiger partial charge is 0.243 e. The van der Waals surface area contributed by atoms with E-state index in [-0.39, 0.29) is 29.2 Å². The van der Waals surface area contributed by atoms with E-state index in [0.717, 1.165) is 25.9 Å². The minimum Gasteiger partial charge on any atom is -0.347 e. The van der Waals surface area contributed by atoms with Crippen LogP contribution in [0.5, 0.6) is 0 Å². The van der Waals surface area contributed by atoms with E-state index in [2.05, 4.69) is 60.6 Å². The van der Waals surface area contributed by atoms with E-state index in [1.54, 1.807) is 0 Å². The first kappa shape index (κ1) is 24.8. The van der Waals surface area contributed by atoms with Gasteiger partial charge in [-0.15, -0.1) is 0 Å². The first-order chi connectivity index (χ1) is 15.0. The molecule has 1 spiro atoms. The van der Waals surface area contributed by atoms with Crippen LogP contribution in [0, 0.1) is 11.3 Å². The molecular formula is C27H43N3O2. The summed E-state index contributed by atoms with van der Waals surface area (Å²) < 4.78 is 0. The molecule has 3 rings (SSSR count). The molecule has 1 unspecified atom stereocenters. The number of nitrogens with zero attached hydrogens (tertiary/aromatic N) is 1. The van der Waals surface area contributed by atoms with E-state index < -0.39 is 6.04 Å². The quantitative estimate of drug-likeness (QED) is 0.680. The molecule has 5 nitrogen and oxygen atoms in total. The zero-order valence-corrected chi connectivity index (χ0v) is 21.0. The molecule has 2 aliphatic rings. The first-order valence-corrected chi connectivity index (χ1v) is 12.4. The number of rotatable bonds is 6. The highest BCUT2D eigenvalue weighted by molar-refractivity contribution is 5.87. The zero-order valence-electron chi connectivity index (χ0n) is 21.0. The maximum Gasteiger partial charge on any atom is 0.243 e. The van der Waals surface area contributed by atoms with Gasteiger partial charge >= 0.3 is 0 Å². The van der Waals surface area contributed by atoms with Crippen molar-refractivity contribution in [3.05, 3.63) is 35.4 Å². The lowest BCUT2D eigenvalue weighted by Gasteiger charge is -2.47. The molecule has 0 bridgehead atoms. The largest absolute Gasteiger partial charge is 0.347 e. The van der Waals surface area contributed by atoms with Crippen LogP contribution in [0.2, 0.25) is 0 Å². The van der Waals surface area contributed by atoms with Crippen LogP contribution in [0.25, 0.3) is 0 Å². The van der Waals surface area contributed by atoms with Crippen LogP contribution in [0.4, 0.5) is 0 Å². The van der Waals surface area contributed by atoms with Gasteiger partial charge in [-0.05, 0) is 79.6 Å². The number of piperidine rings is 1. The number of fused-ring (bicyclic) bond motifs is 2. The molecule has 2 N–H and O–H groups in total. The highest BCUT2D eigenvalue weighted by atomic mass is 16.2. The molecule has 1 aliphatic heterocycles. The maximum atomic E-state index is 13.0. The second kappa shape index (κ2) is 9.94. The van der Waals surface area contributed by atoms with Crippen LogP contribution in [0.3, 0.4) is 0 Å². The summed E-state index contributed by atoms with van der Waals surface area (Å²) in [5, 5.41) is 6.09. The molecule has 1 heterocycles. The molecule has 178 valence electrons. The SMILES string of the molecule is CC(=O)NC(C(=O)N[C@H]1CCC2(CCN(CCC(C)(C)C)CC2)c2ccccc21)C(C)C. The van der Waals surface area contributed by atoms with Gasteiger partial charge < -0.3 is 15.5 Å². The number of hydrogen-bond acceptors (Lipinski definition) is 3. The Morgan fingerprint density at radius 3 is 2.38 bits per heavy atom. The normalized spacial score (nSPS) is 21.8. The number of carbonyl (C=O) groups is 2. The fourth-order valence-corrected chi connectivity index (χ4v) is 5.38. The Morgan fingerprint density at radius 1 is 1.12 bits per heavy atom. The van der Waals surface area contributed by atoms with E-state index in [1.165, 1.54) is 43.9 Å². The fraction of sp³-hybridized carbons (Fsp3) is 0.704. The predicted molar refractivity (Wildman–Crippen MR) is 130 cm³/mol. The highest BCUT2D eigenvalue weighted by Crippen LogP contribution is 2.48. The average Bonchev–Trinajstić information content (AvgIpc) is 2.73. The van der Waals surface area contributed by atoms with Crippen molar-refractivity contribution in [1.29, 1.82) is 0 Å². The van der Waals surface area contributed by atoms with E-state index in [9.17, 15) is 9.59 Å². The van der Waals surface area contributed by atoms with Gasteiger partial charge in [-0.3, -0.25) is 9.59 Å². The lowest BCUT2D eigenvalue weighted by atomic mass is 9.63. The Kier molecular flexibility index (Phi) is 7.69. The first-order valence-electron chi connectivity index (χ1n) is 12.4. The van der Waals surface area contributed by atoms with Crippen LogP contribution in [-0.4, -0.2) is 42.4 Å². The van der Waals surface area contributed by atoms with Crippen LogP contribution in [0.1, 0.15) is 90.8 Å². The van der Waals surface area contributed by atoms with Crippen molar-refractivity contribution in [3.63, 3.8) is 0 Å². The fourth-order valence-electron chi connectivity index (χ4n) is 5.38. The van der Waals surface area contributed by atoms with Crippen molar-refractivity contribution >= 4 is 11.8 Å². The second-order valence-electron chi connectivity index (χ2n) is 11.5. The number of benzene rings is 1. The van der Waals surface area contributed by atoms with Crippen molar-refractivity contribution < 1.29 is 9.59 Å². The number of likely N-dealkylation sites (tertiary alicyclic amines) is 1. The minimum atomic E-state index is -0.499. The average molecular weight is 442 g/mol. The van der Waals surface area contributed by atoms with Crippen LogP contribution < -0.4 is 10.6 Å². The summed E-state index contributed by atoms with van der Waals surface area (Å²) in [6.45, 7) is 15.9. The summed E-state index contributed by atoms with van der Waals surface area (Å²) in [7, 11) is 0. The minimum absolute atomic E-state index is 0.0123. The maximum absolute atomic E-state index is 13.0. The van der Waals surface area contributed by atoms with Crippen molar-refractivity contribution in [2.45, 2.75) is 91.1 Å². The van der Waals surface area contributed by atoms with E-state index in [1.807, 2.05) is 13.8 Å². The summed E-state index contributed by atoms with van der Waals surface area (Å²) in [6.07, 6.45) is 5.67. The lowest BCUT2D eigenvalue weighted by molar-refractivity contribution is -0.129. The van der Waals surface area contributed by atoms with Crippen molar-refractivity contribution in [2.24, 2.45) is 11.3 Å². The summed E-state index contributed by atoms with van der Waals surface area (Å²) in [5.41, 5.74) is 3.29. The van der Waals surface area contributed by atoms with E-state index in [4.69, 9.17) is 0 Å². The van der Waals surface area contributed by atoms with Gasteiger partial charge in [-0.2, -0.15) is 0 Å². The Morgan fingerprint density at radius 2 is 1.78 bits per heavy atom. The summed E-state index contributed by atoms with van der Waals surface area (Å²) in [5.74, 6) is -0.204. The number of amides is 2. The second-order valence-corrected chi connectivity index (χ2v) is 11.5. The van der Waals surface area contributed by atoms with Gasteiger partial charge in [-0.25, -0.2) is 0 Å². The Balaban J connectivity index is 1.71. The highest BCUT2D eigenvalue weighted by Gasteiger charge is 2.42. The van der Waals surface area contributed by atoms with Crippen LogP contribution >= 0.6 is 0 Å². The topological polar surface area (TPSA) is 61.4 Å². The molecule has 0 radical (unpaired) electrons. The van der Waals surface area contributed by atoms with Gasteiger partial charge in [0.25, 0.3) is 0 Å². The summed E-state index contributed by atoms with van der Waals surface area (Å²) in [6, 6.07) is 8.22. The van der Waals surface area contributed by atoms with Gasteiger partial charge in [-0.1, -0.05) is 58.9 Å². The molecule has 1 aliphatic carbocycles. The molecule has 1 aromatic rings. The number of nitrogens with one attached hydrogen (secondary N) is 2. The van der Waals surface area contributed by atoms with Gasteiger partial charge in [0, 0.05) is 6.92 Å². The number of carbonyl (C=O) groups excluding carboxylic acids is 2. The van der Waals surface area contributed by atoms with Gasteiger partial charge in [0.15, 0.2) is 0 Å². The zero-order chi connectivity index (χ0) is 23.5. The third-order valence-electron chi connectivity index (χ3n) is 7.43. The molecule has 2 amide bonds. The lowest BCUT2D eigenvalue weighted by Crippen LogP contribution is -2.51. The van der Waals surface area contributed by atoms with Crippen molar-refractivity contribution in [1.82, 2.24) is 15.5 Å². The molecule has 2 atom stereocenters. The Labute approximate surface area is 194 Å². The van der Waals surface area contributed by atoms with Gasteiger partial charge in [0.1, 0.15) is 6.04 Å². The predicted octanol–water partition coefficient (Wildman–Crippen LogP) is 4.57. The monoisotopic (exact) mass is 441 g/mol. The van der Waals surface area contributed by atoms with Gasteiger partial charge in [0.2, 0.25) is 11.8 Å². The molecule has 1 aromatic carbocycles. The number of hydrogen-bond donors (Lipinski definition) is 2. The molecule has 1 fully saturated rings. The molecule has 5 heteroatoms. The molecule has 32 heavy (non-hydrogen) atoms. The summed E-state index contributed by atoms with van der Waals surface area (Å²) in [4.78, 5) is 27.3. The molecule has 1 saturated heterocycles. The van der Waals surface area contributed by atoms with Crippen LogP contribution in [0.15, 0.2) is 24.3 Å². The summed E-state index contributed by atoms with van der Waals surface area (Å²) >= 11 is 0. The van der Waals surface area contributed by atoms with E-state index >= 15 is 0 Å². The molecule has 0 aromatic heterocycles. The van der Waals surface area contributed by atoms with E-state index in [0.29, 0.717) is 5.41 Å². The third kappa shape index (κ3) is 5.92. The van der Waals surface area contributed by atoms with Crippen LogP contribution in [-0.2, 0) is 15.0 Å². The Bertz CT molecular complexity index is 803. The van der Waals surface area contributed by atoms with Crippen molar-refractivity contribution in [3.8, 4) is 0 Å².